The molecule has 128 valence electrons. The van der Waals surface area contributed by atoms with Crippen molar-refractivity contribution in [3.05, 3.63) is 36.5 Å². The van der Waals surface area contributed by atoms with Crippen molar-refractivity contribution in [3.8, 4) is 0 Å². The smallest absolute Gasteiger partial charge is 0.0900 e. The van der Waals surface area contributed by atoms with Gasteiger partial charge in [0.15, 0.2) is 0 Å². The second-order valence-corrected chi connectivity index (χ2v) is 5.77. The first-order chi connectivity index (χ1) is 11.1. The molecule has 0 spiro atoms. The van der Waals surface area contributed by atoms with Gasteiger partial charge in [-0.3, -0.25) is 4.90 Å². The van der Waals surface area contributed by atoms with Crippen LogP contribution in [0, 0.1) is 0 Å². The third-order valence-electron chi connectivity index (χ3n) is 3.80. The topological polar surface area (TPSA) is 78.1 Å². The van der Waals surface area contributed by atoms with Crippen LogP contribution in [0.1, 0.15) is 0 Å². The number of hydrogen-bond acceptors (Lipinski definition) is 5. The predicted octanol–water partition coefficient (Wildman–Crippen LogP) is 0.304. The van der Waals surface area contributed by atoms with Gasteiger partial charge in [0.1, 0.15) is 0 Å². The van der Waals surface area contributed by atoms with Gasteiger partial charge in [-0.05, 0) is 17.5 Å². The molecule has 2 aromatic rings. The van der Waals surface area contributed by atoms with Crippen molar-refractivity contribution in [1.29, 1.82) is 0 Å². The van der Waals surface area contributed by atoms with Crippen molar-refractivity contribution in [3.63, 3.8) is 0 Å². The van der Waals surface area contributed by atoms with Crippen LogP contribution in [0.4, 0.5) is 0 Å². The van der Waals surface area contributed by atoms with Gasteiger partial charge in [-0.2, -0.15) is 0 Å². The van der Waals surface area contributed by atoms with Crippen molar-refractivity contribution in [2.24, 2.45) is 0 Å². The standard InChI is InChI=1S/C17H26N2O4/c1-23-13-16(22)11-18(8-9-20)10-15(21)12-19-7-6-14-4-2-3-5-17(14)19/h2-7,15-16,20-22H,8-13H2,1H3/t15-,16-/m1/s1. The van der Waals surface area contributed by atoms with Gasteiger partial charge in [-0.1, -0.05) is 18.2 Å². The van der Waals surface area contributed by atoms with Crippen LogP contribution in [0.15, 0.2) is 36.5 Å². The van der Waals surface area contributed by atoms with Crippen molar-refractivity contribution in [1.82, 2.24) is 9.47 Å². The predicted molar refractivity (Wildman–Crippen MR) is 89.4 cm³/mol. The van der Waals surface area contributed by atoms with Crippen molar-refractivity contribution >= 4 is 10.9 Å². The second-order valence-electron chi connectivity index (χ2n) is 5.77. The third-order valence-corrected chi connectivity index (χ3v) is 3.80. The molecular weight excluding hydrogens is 296 g/mol. The second kappa shape index (κ2) is 9.00. The molecule has 0 aliphatic heterocycles. The van der Waals surface area contributed by atoms with Crippen molar-refractivity contribution < 1.29 is 20.1 Å². The van der Waals surface area contributed by atoms with E-state index < -0.39 is 12.2 Å². The number of fused-ring (bicyclic) bond motifs is 1. The van der Waals surface area contributed by atoms with Crippen LogP contribution in [-0.4, -0.2) is 77.0 Å². The summed E-state index contributed by atoms with van der Waals surface area (Å²) >= 11 is 0. The average molecular weight is 322 g/mol. The first kappa shape index (κ1) is 17.9. The molecule has 1 aromatic carbocycles. The summed E-state index contributed by atoms with van der Waals surface area (Å²) in [6, 6.07) is 10.1. The lowest BCUT2D eigenvalue weighted by Gasteiger charge is -2.26. The van der Waals surface area contributed by atoms with E-state index in [0.717, 1.165) is 10.9 Å². The lowest BCUT2D eigenvalue weighted by atomic mass is 10.2. The van der Waals surface area contributed by atoms with Crippen LogP contribution in [0.25, 0.3) is 10.9 Å². The number of aromatic nitrogens is 1. The van der Waals surface area contributed by atoms with E-state index in [0.29, 0.717) is 26.2 Å². The van der Waals surface area contributed by atoms with Crippen LogP contribution in [0.3, 0.4) is 0 Å². The van der Waals surface area contributed by atoms with Crippen molar-refractivity contribution in [2.45, 2.75) is 18.8 Å². The highest BCUT2D eigenvalue weighted by Gasteiger charge is 2.16. The molecule has 2 atom stereocenters. The molecule has 0 bridgehead atoms. The zero-order valence-electron chi connectivity index (χ0n) is 13.5. The molecule has 0 aliphatic rings. The molecular formula is C17H26N2O4. The van der Waals surface area contributed by atoms with Gasteiger partial charge in [-0.15, -0.1) is 0 Å². The van der Waals surface area contributed by atoms with Crippen LogP contribution < -0.4 is 0 Å². The van der Waals surface area contributed by atoms with E-state index in [1.165, 1.54) is 7.11 Å². The maximum absolute atomic E-state index is 10.4. The summed E-state index contributed by atoms with van der Waals surface area (Å²) in [5, 5.41) is 30.5. The molecule has 2 rings (SSSR count). The minimum absolute atomic E-state index is 0.0150. The molecule has 6 heteroatoms. The summed E-state index contributed by atoms with van der Waals surface area (Å²) in [5.74, 6) is 0. The summed E-state index contributed by atoms with van der Waals surface area (Å²) in [6.07, 6.45) is 0.739. The van der Waals surface area contributed by atoms with Crippen LogP contribution in [0.5, 0.6) is 0 Å². The quantitative estimate of drug-likeness (QED) is 0.587. The van der Waals surface area contributed by atoms with Gasteiger partial charge >= 0.3 is 0 Å². The minimum atomic E-state index is -0.633. The van der Waals surface area contributed by atoms with Gasteiger partial charge < -0.3 is 24.6 Å². The highest BCUT2D eigenvalue weighted by molar-refractivity contribution is 5.79. The first-order valence-corrected chi connectivity index (χ1v) is 7.86. The highest BCUT2D eigenvalue weighted by Crippen LogP contribution is 2.15. The monoisotopic (exact) mass is 322 g/mol. The van der Waals surface area contributed by atoms with E-state index in [1.807, 2.05) is 46.0 Å². The fourth-order valence-electron chi connectivity index (χ4n) is 2.82. The molecule has 0 unspecified atom stereocenters. The Morgan fingerprint density at radius 1 is 1.13 bits per heavy atom. The molecule has 0 fully saturated rings. The van der Waals surface area contributed by atoms with Gasteiger partial charge in [-0.25, -0.2) is 0 Å². The Morgan fingerprint density at radius 2 is 1.87 bits per heavy atom. The van der Waals surface area contributed by atoms with Gasteiger partial charge in [0, 0.05) is 45.0 Å². The number of para-hydroxylation sites is 1. The van der Waals surface area contributed by atoms with E-state index in [1.54, 1.807) is 0 Å². The van der Waals surface area contributed by atoms with Crippen LogP contribution in [0.2, 0.25) is 0 Å². The molecule has 23 heavy (non-hydrogen) atoms. The highest BCUT2D eigenvalue weighted by atomic mass is 16.5. The fraction of sp³-hybridized carbons (Fsp3) is 0.529. The number of ether oxygens (including phenoxy) is 1. The molecule has 0 radical (unpaired) electrons. The van der Waals surface area contributed by atoms with Crippen LogP contribution >= 0.6 is 0 Å². The summed E-state index contributed by atoms with van der Waals surface area (Å²) in [6.45, 7) is 1.84. The minimum Gasteiger partial charge on any atom is -0.395 e. The Balaban J connectivity index is 1.94. The Kier molecular flexibility index (Phi) is 7.01. The molecule has 0 amide bonds. The lowest BCUT2D eigenvalue weighted by Crippen LogP contribution is -2.42. The third kappa shape index (κ3) is 5.30. The Morgan fingerprint density at radius 3 is 2.61 bits per heavy atom. The van der Waals surface area contributed by atoms with E-state index in [9.17, 15) is 10.2 Å². The zero-order chi connectivity index (χ0) is 16.7. The molecule has 0 aliphatic carbocycles. The molecule has 3 N–H and O–H groups in total. The lowest BCUT2D eigenvalue weighted by molar-refractivity contribution is 0.0175. The molecule has 1 heterocycles. The van der Waals surface area contributed by atoms with E-state index in [4.69, 9.17) is 9.84 Å². The number of hydrogen-bond donors (Lipinski definition) is 3. The van der Waals surface area contributed by atoms with Gasteiger partial charge in [0.2, 0.25) is 0 Å². The van der Waals surface area contributed by atoms with Gasteiger partial charge in [0.05, 0.1) is 25.4 Å². The maximum Gasteiger partial charge on any atom is 0.0900 e. The number of aliphatic hydroxyl groups is 3. The van der Waals surface area contributed by atoms with Crippen molar-refractivity contribution in [2.75, 3.05) is 40.0 Å². The molecule has 1 aromatic heterocycles. The molecule has 0 saturated carbocycles. The van der Waals surface area contributed by atoms with Crippen LogP contribution in [-0.2, 0) is 11.3 Å². The Bertz CT molecular complexity index is 587. The summed E-state index contributed by atoms with van der Waals surface area (Å²) in [4.78, 5) is 1.85. The Labute approximate surface area is 136 Å². The fourth-order valence-corrected chi connectivity index (χ4v) is 2.82. The molecule has 6 nitrogen and oxygen atoms in total. The van der Waals surface area contributed by atoms with E-state index in [-0.39, 0.29) is 13.2 Å². The Hall–Kier alpha value is -1.44. The van der Waals surface area contributed by atoms with Gasteiger partial charge in [0.25, 0.3) is 0 Å². The summed E-state index contributed by atoms with van der Waals surface area (Å²) in [5.41, 5.74) is 1.08. The first-order valence-electron chi connectivity index (χ1n) is 7.86. The normalized spacial score (nSPS) is 14.5. The van der Waals surface area contributed by atoms with E-state index in [2.05, 4.69) is 0 Å². The largest absolute Gasteiger partial charge is 0.395 e. The maximum atomic E-state index is 10.4. The molecule has 0 saturated heterocycles. The number of methoxy groups -OCH3 is 1. The number of aliphatic hydroxyl groups excluding tert-OH is 3. The average Bonchev–Trinajstić information content (AvgIpc) is 2.91. The SMILES string of the molecule is COC[C@H](O)CN(CCO)C[C@@H](O)Cn1ccc2ccccc21. The zero-order valence-corrected chi connectivity index (χ0v) is 13.5. The number of rotatable bonds is 10. The summed E-state index contributed by atoms with van der Waals surface area (Å²) in [7, 11) is 1.53. The van der Waals surface area contributed by atoms with E-state index >= 15 is 0 Å². The number of benzene rings is 1. The summed E-state index contributed by atoms with van der Waals surface area (Å²) < 4.78 is 6.93. The number of nitrogens with zero attached hydrogens (tertiary/aromatic N) is 2.